The number of aliphatic hydroxyl groups excluding tert-OH is 1. The van der Waals surface area contributed by atoms with Crippen LogP contribution in [0.25, 0.3) is 0 Å². The summed E-state index contributed by atoms with van der Waals surface area (Å²) < 4.78 is 40.0. The fraction of sp³-hybridized carbons (Fsp3) is 0.190. The van der Waals surface area contributed by atoms with Gasteiger partial charge in [0.15, 0.2) is 0 Å². The normalized spacial score (nSPS) is 20.4. The fourth-order valence-electron chi connectivity index (χ4n) is 3.43. The minimum Gasteiger partial charge on any atom is -0.492 e. The molecule has 0 amide bonds. The second-order valence-electron chi connectivity index (χ2n) is 6.63. The minimum absolute atomic E-state index is 0. The van der Waals surface area contributed by atoms with E-state index in [2.05, 4.69) is 10.2 Å². The summed E-state index contributed by atoms with van der Waals surface area (Å²) in [5.41, 5.74) is -0.595. The van der Waals surface area contributed by atoms with Crippen molar-refractivity contribution in [2.24, 2.45) is 10.2 Å². The molecule has 0 aliphatic carbocycles. The molecule has 1 aliphatic rings. The summed E-state index contributed by atoms with van der Waals surface area (Å²) in [7, 11) is 1.58. The van der Waals surface area contributed by atoms with Gasteiger partial charge in [-0.25, -0.2) is 0 Å². The average Bonchev–Trinajstić information content (AvgIpc) is 2.93. The summed E-state index contributed by atoms with van der Waals surface area (Å²) in [6, 6.07) is 14.9. The number of alkyl halides is 3. The second kappa shape index (κ2) is 8.84. The number of hydrogen-bond donors (Lipinski definition) is 1. The first kappa shape index (κ1) is 23.4. The minimum atomic E-state index is -5.01. The molecule has 159 valence electrons. The summed E-state index contributed by atoms with van der Waals surface area (Å²) in [5.74, 6) is -2.20. The molecular formula is C21H18CoF3N3O2. The van der Waals surface area contributed by atoms with Crippen molar-refractivity contribution in [3.63, 3.8) is 0 Å². The molecule has 5 nitrogen and oxygen atoms in total. The first-order valence-electron chi connectivity index (χ1n) is 8.68. The number of likely N-dealkylation sites (N-methyl/N-ethyl adjacent to an activating group) is 1. The van der Waals surface area contributed by atoms with Crippen LogP contribution < -0.4 is 4.90 Å². The van der Waals surface area contributed by atoms with Gasteiger partial charge in [0.2, 0.25) is 5.90 Å². The molecule has 1 radical (unpaired) electrons. The van der Waals surface area contributed by atoms with Crippen molar-refractivity contribution in [2.45, 2.75) is 18.5 Å². The van der Waals surface area contributed by atoms with E-state index in [0.717, 1.165) is 6.21 Å². The third-order valence-corrected chi connectivity index (χ3v) is 4.87. The summed E-state index contributed by atoms with van der Waals surface area (Å²) >= 11 is 0. The SMILES string of the molecule is CN1\C(=C/C=N/N=C(\O)c2ccccc2)C(C)(C(=O)C(F)(F)F)c2ccccc21.[Co]. The Hall–Kier alpha value is -2.91. The Morgan fingerprint density at radius 3 is 2.33 bits per heavy atom. The molecule has 1 unspecified atom stereocenters. The smallest absolute Gasteiger partial charge is 0.451 e. The van der Waals surface area contributed by atoms with Gasteiger partial charge in [0.05, 0.1) is 6.21 Å². The van der Waals surface area contributed by atoms with E-state index < -0.39 is 17.4 Å². The molecule has 3 rings (SSSR count). The predicted octanol–water partition coefficient (Wildman–Crippen LogP) is 4.40. The van der Waals surface area contributed by atoms with Gasteiger partial charge < -0.3 is 10.0 Å². The van der Waals surface area contributed by atoms with Crippen LogP contribution in [0.5, 0.6) is 0 Å². The zero-order valence-electron chi connectivity index (χ0n) is 16.0. The average molecular weight is 460 g/mol. The topological polar surface area (TPSA) is 65.3 Å². The standard InChI is InChI=1S/C21H18F3N3O2.Co/c1-20(19(29)21(22,23)24)15-10-6-7-11-16(15)27(2)17(20)12-13-25-26-18(28)14-8-4-3-5-9-14;/h3-13H,1-2H3,(H,26,28);/b17-12-,25-13+;. The molecule has 2 aromatic carbocycles. The van der Waals surface area contributed by atoms with Crippen LogP contribution in [-0.4, -0.2) is 36.2 Å². The van der Waals surface area contributed by atoms with Gasteiger partial charge in [-0.15, -0.1) is 5.10 Å². The maximum Gasteiger partial charge on any atom is 0.451 e. The van der Waals surface area contributed by atoms with Crippen LogP contribution in [-0.2, 0) is 27.0 Å². The van der Waals surface area contributed by atoms with E-state index in [1.165, 1.54) is 24.0 Å². The Balaban J connectivity index is 0.00000320. The van der Waals surface area contributed by atoms with Crippen LogP contribution in [0.15, 0.2) is 76.6 Å². The molecule has 0 saturated heterocycles. The van der Waals surface area contributed by atoms with Crippen LogP contribution >= 0.6 is 0 Å². The Morgan fingerprint density at radius 1 is 1.10 bits per heavy atom. The molecule has 1 atom stereocenters. The summed E-state index contributed by atoms with van der Waals surface area (Å²) in [6.07, 6.45) is -2.56. The molecule has 0 bridgehead atoms. The summed E-state index contributed by atoms with van der Waals surface area (Å²) in [5, 5.41) is 17.3. The number of hydrogen-bond acceptors (Lipinski definition) is 4. The number of carbonyl (C=O) groups excluding carboxylic acids is 1. The number of fused-ring (bicyclic) bond motifs is 1. The van der Waals surface area contributed by atoms with Crippen LogP contribution in [0.1, 0.15) is 18.1 Å². The monoisotopic (exact) mass is 460 g/mol. The Bertz CT molecular complexity index is 1020. The Morgan fingerprint density at radius 2 is 1.70 bits per heavy atom. The molecule has 0 fully saturated rings. The van der Waals surface area contributed by atoms with Gasteiger partial charge in [-0.05, 0) is 36.8 Å². The quantitative estimate of drug-likeness (QED) is 0.418. The van der Waals surface area contributed by atoms with Crippen LogP contribution in [0.4, 0.5) is 18.9 Å². The van der Waals surface area contributed by atoms with E-state index in [1.807, 2.05) is 0 Å². The van der Waals surface area contributed by atoms with Crippen LogP contribution in [0, 0.1) is 0 Å². The van der Waals surface area contributed by atoms with Crippen molar-refractivity contribution >= 4 is 23.6 Å². The molecule has 9 heteroatoms. The Labute approximate surface area is 181 Å². The summed E-state index contributed by atoms with van der Waals surface area (Å²) in [6.45, 7) is 1.25. The molecule has 2 aromatic rings. The van der Waals surface area contributed by atoms with Gasteiger partial charge in [0, 0.05) is 40.8 Å². The predicted molar refractivity (Wildman–Crippen MR) is 105 cm³/mol. The Kier molecular flexibility index (Phi) is 6.89. The van der Waals surface area contributed by atoms with Crippen molar-refractivity contribution in [3.8, 4) is 0 Å². The van der Waals surface area contributed by atoms with E-state index in [-0.39, 0.29) is 33.9 Å². The number of anilines is 1. The van der Waals surface area contributed by atoms with Crippen molar-refractivity contribution in [1.82, 2.24) is 0 Å². The molecular weight excluding hydrogens is 442 g/mol. The molecule has 1 aliphatic heterocycles. The van der Waals surface area contributed by atoms with Crippen LogP contribution in [0.2, 0.25) is 0 Å². The van der Waals surface area contributed by atoms with Gasteiger partial charge in [0.25, 0.3) is 5.78 Å². The number of allylic oxidation sites excluding steroid dienone is 2. The largest absolute Gasteiger partial charge is 0.492 e. The number of nitrogens with zero attached hydrogens (tertiary/aromatic N) is 3. The van der Waals surface area contributed by atoms with Crippen molar-refractivity contribution < 1.29 is 39.9 Å². The zero-order chi connectivity index (χ0) is 21.2. The maximum atomic E-state index is 13.3. The number of rotatable bonds is 4. The zero-order valence-corrected chi connectivity index (χ0v) is 17.1. The number of Topliss-reactive ketones (excluding diaryl/α,β-unsaturated/α-hetero) is 1. The third kappa shape index (κ3) is 4.17. The van der Waals surface area contributed by atoms with E-state index in [0.29, 0.717) is 11.3 Å². The molecule has 0 aromatic heterocycles. The van der Waals surface area contributed by atoms with Gasteiger partial charge in [-0.3, -0.25) is 4.79 Å². The summed E-state index contributed by atoms with van der Waals surface area (Å²) in [4.78, 5) is 13.8. The number of carbonyl (C=O) groups is 1. The number of benzene rings is 2. The number of para-hydroxylation sites is 1. The van der Waals surface area contributed by atoms with Crippen molar-refractivity contribution in [1.29, 1.82) is 0 Å². The molecule has 0 saturated carbocycles. The van der Waals surface area contributed by atoms with E-state index >= 15 is 0 Å². The number of halogens is 3. The third-order valence-electron chi connectivity index (χ3n) is 4.87. The van der Waals surface area contributed by atoms with Crippen LogP contribution in [0.3, 0.4) is 0 Å². The first-order chi connectivity index (χ1) is 13.7. The van der Waals surface area contributed by atoms with E-state index in [1.54, 1.807) is 55.6 Å². The van der Waals surface area contributed by atoms with Gasteiger partial charge in [-0.1, -0.05) is 36.4 Å². The van der Waals surface area contributed by atoms with Gasteiger partial charge in [-0.2, -0.15) is 18.3 Å². The fourth-order valence-corrected chi connectivity index (χ4v) is 3.43. The van der Waals surface area contributed by atoms with Gasteiger partial charge >= 0.3 is 6.18 Å². The first-order valence-corrected chi connectivity index (χ1v) is 8.68. The molecule has 1 heterocycles. The number of ketones is 1. The van der Waals surface area contributed by atoms with Crippen molar-refractivity contribution in [3.05, 3.63) is 77.5 Å². The maximum absolute atomic E-state index is 13.3. The van der Waals surface area contributed by atoms with Gasteiger partial charge in [0.1, 0.15) is 5.41 Å². The molecule has 30 heavy (non-hydrogen) atoms. The van der Waals surface area contributed by atoms with Crippen molar-refractivity contribution in [2.75, 3.05) is 11.9 Å². The molecule has 1 N–H and O–H groups in total. The molecule has 0 spiro atoms. The van der Waals surface area contributed by atoms with E-state index in [9.17, 15) is 23.1 Å². The second-order valence-corrected chi connectivity index (χ2v) is 6.63. The van der Waals surface area contributed by atoms with E-state index in [4.69, 9.17) is 0 Å². The number of aliphatic hydroxyl groups is 1.